The molecule has 1 aliphatic heterocycles. The van der Waals surface area contributed by atoms with Crippen molar-refractivity contribution in [2.24, 2.45) is 0 Å². The number of H-pyrrole nitrogens is 1. The number of thiophene rings is 1. The molecule has 28 heavy (non-hydrogen) atoms. The molecule has 2 N–H and O–H groups in total. The average Bonchev–Trinajstić information content (AvgIpc) is 3.37. The van der Waals surface area contributed by atoms with E-state index >= 15 is 0 Å². The number of carbonyl (C=O) groups excluding carboxylic acids is 2. The number of aryl methyl sites for hydroxylation is 1. The smallest absolute Gasteiger partial charge is 0.255 e. The molecule has 0 bridgehead atoms. The summed E-state index contributed by atoms with van der Waals surface area (Å²) in [4.78, 5) is 26.9. The van der Waals surface area contributed by atoms with Crippen LogP contribution in [0.1, 0.15) is 38.2 Å². The Bertz CT molecular complexity index is 994. The van der Waals surface area contributed by atoms with E-state index in [9.17, 15) is 9.59 Å². The molecule has 0 aliphatic carbocycles. The van der Waals surface area contributed by atoms with Gasteiger partial charge in [0, 0.05) is 31.2 Å². The SMILES string of the molecule is Cc1cscc1C(=O)N1CCc2c(CNC(=O)Cc3cn[nH]c3)cccc2C1. The Morgan fingerprint density at radius 1 is 1.32 bits per heavy atom. The normalized spacial score (nSPS) is 13.2. The average molecular weight is 395 g/mol. The lowest BCUT2D eigenvalue weighted by Crippen LogP contribution is -2.36. The van der Waals surface area contributed by atoms with E-state index in [1.54, 1.807) is 23.7 Å². The van der Waals surface area contributed by atoms with Gasteiger partial charge in [-0.1, -0.05) is 18.2 Å². The number of benzene rings is 1. The summed E-state index contributed by atoms with van der Waals surface area (Å²) in [5.41, 5.74) is 6.24. The molecule has 4 rings (SSSR count). The number of nitrogens with one attached hydrogen (secondary N) is 2. The van der Waals surface area contributed by atoms with Crippen molar-refractivity contribution in [1.82, 2.24) is 20.4 Å². The molecular weight excluding hydrogens is 372 g/mol. The van der Waals surface area contributed by atoms with E-state index in [0.717, 1.165) is 34.2 Å². The Kier molecular flexibility index (Phi) is 5.25. The Morgan fingerprint density at radius 2 is 2.21 bits per heavy atom. The molecule has 6 nitrogen and oxygen atoms in total. The van der Waals surface area contributed by atoms with Crippen LogP contribution in [0.25, 0.3) is 0 Å². The maximum Gasteiger partial charge on any atom is 0.255 e. The molecule has 1 aliphatic rings. The monoisotopic (exact) mass is 394 g/mol. The minimum Gasteiger partial charge on any atom is -0.352 e. The molecule has 0 saturated heterocycles. The molecule has 1 aromatic carbocycles. The second-order valence-electron chi connectivity index (χ2n) is 7.06. The number of carbonyl (C=O) groups is 2. The van der Waals surface area contributed by atoms with Crippen LogP contribution in [0.5, 0.6) is 0 Å². The van der Waals surface area contributed by atoms with Crippen LogP contribution in [-0.2, 0) is 30.7 Å². The Balaban J connectivity index is 1.42. The number of aromatic nitrogens is 2. The number of fused-ring (bicyclic) bond motifs is 1. The number of hydrogen-bond acceptors (Lipinski definition) is 4. The third kappa shape index (κ3) is 3.84. The lowest BCUT2D eigenvalue weighted by atomic mass is 9.94. The van der Waals surface area contributed by atoms with Gasteiger partial charge in [-0.25, -0.2) is 0 Å². The van der Waals surface area contributed by atoms with Crippen molar-refractivity contribution in [1.29, 1.82) is 0 Å². The molecule has 0 spiro atoms. The van der Waals surface area contributed by atoms with Crippen molar-refractivity contribution in [3.63, 3.8) is 0 Å². The lowest BCUT2D eigenvalue weighted by molar-refractivity contribution is -0.120. The van der Waals surface area contributed by atoms with Gasteiger partial charge in [-0.15, -0.1) is 0 Å². The number of nitrogens with zero attached hydrogens (tertiary/aromatic N) is 2. The van der Waals surface area contributed by atoms with Crippen molar-refractivity contribution >= 4 is 23.2 Å². The highest BCUT2D eigenvalue weighted by Gasteiger charge is 2.24. The van der Waals surface area contributed by atoms with Gasteiger partial charge in [-0.3, -0.25) is 14.7 Å². The van der Waals surface area contributed by atoms with E-state index in [1.165, 1.54) is 5.56 Å². The molecule has 2 amide bonds. The molecule has 3 heterocycles. The summed E-state index contributed by atoms with van der Waals surface area (Å²) in [5.74, 6) is 0.0720. The molecule has 0 radical (unpaired) electrons. The van der Waals surface area contributed by atoms with E-state index in [0.29, 0.717) is 26.1 Å². The number of aromatic amines is 1. The van der Waals surface area contributed by atoms with Gasteiger partial charge in [0.2, 0.25) is 5.91 Å². The van der Waals surface area contributed by atoms with E-state index in [4.69, 9.17) is 0 Å². The van der Waals surface area contributed by atoms with Crippen LogP contribution in [0.15, 0.2) is 41.4 Å². The van der Waals surface area contributed by atoms with Crippen LogP contribution in [0.2, 0.25) is 0 Å². The standard InChI is InChI=1S/C21H22N4O2S/c1-14-12-28-13-19(14)21(27)25-6-5-18-16(3-2-4-17(18)11-25)10-22-20(26)7-15-8-23-24-9-15/h2-4,8-9,12-13H,5-7,10-11H2,1H3,(H,22,26)(H,23,24). The zero-order chi connectivity index (χ0) is 19.5. The van der Waals surface area contributed by atoms with Crippen LogP contribution in [0, 0.1) is 6.92 Å². The number of rotatable bonds is 5. The second kappa shape index (κ2) is 7.98. The second-order valence-corrected chi connectivity index (χ2v) is 7.80. The number of amides is 2. The third-order valence-corrected chi connectivity index (χ3v) is 5.99. The van der Waals surface area contributed by atoms with Crippen LogP contribution in [0.3, 0.4) is 0 Å². The summed E-state index contributed by atoms with van der Waals surface area (Å²) in [6.45, 7) is 3.78. The summed E-state index contributed by atoms with van der Waals surface area (Å²) in [6.07, 6.45) is 4.50. The molecule has 2 aromatic heterocycles. The van der Waals surface area contributed by atoms with Crippen molar-refractivity contribution in [3.8, 4) is 0 Å². The fraction of sp³-hybridized carbons (Fsp3) is 0.286. The molecular formula is C21H22N4O2S. The zero-order valence-electron chi connectivity index (χ0n) is 15.7. The van der Waals surface area contributed by atoms with Crippen molar-refractivity contribution < 1.29 is 9.59 Å². The molecule has 0 atom stereocenters. The van der Waals surface area contributed by atoms with Gasteiger partial charge in [-0.05, 0) is 46.5 Å². The van der Waals surface area contributed by atoms with E-state index in [2.05, 4.69) is 27.6 Å². The highest BCUT2D eigenvalue weighted by molar-refractivity contribution is 7.08. The summed E-state index contributed by atoms with van der Waals surface area (Å²) in [5, 5.41) is 13.5. The highest BCUT2D eigenvalue weighted by Crippen LogP contribution is 2.25. The molecule has 0 saturated carbocycles. The lowest BCUT2D eigenvalue weighted by Gasteiger charge is -2.30. The largest absolute Gasteiger partial charge is 0.352 e. The Hall–Kier alpha value is -2.93. The molecule has 0 unspecified atom stereocenters. The Morgan fingerprint density at radius 3 is 2.96 bits per heavy atom. The van der Waals surface area contributed by atoms with Gasteiger partial charge in [0.15, 0.2) is 0 Å². The molecule has 0 fully saturated rings. The van der Waals surface area contributed by atoms with Gasteiger partial charge in [0.05, 0.1) is 18.2 Å². The first-order chi connectivity index (χ1) is 13.6. The topological polar surface area (TPSA) is 78.1 Å². The first-order valence-electron chi connectivity index (χ1n) is 9.28. The highest BCUT2D eigenvalue weighted by atomic mass is 32.1. The van der Waals surface area contributed by atoms with Crippen LogP contribution < -0.4 is 5.32 Å². The van der Waals surface area contributed by atoms with Gasteiger partial charge < -0.3 is 10.2 Å². The van der Waals surface area contributed by atoms with Crippen LogP contribution in [0.4, 0.5) is 0 Å². The minimum absolute atomic E-state index is 0.0282. The third-order valence-electron chi connectivity index (χ3n) is 5.13. The van der Waals surface area contributed by atoms with Gasteiger partial charge >= 0.3 is 0 Å². The summed E-state index contributed by atoms with van der Waals surface area (Å²) in [7, 11) is 0. The molecule has 144 valence electrons. The van der Waals surface area contributed by atoms with Crippen molar-refractivity contribution in [3.05, 3.63) is 74.7 Å². The fourth-order valence-corrected chi connectivity index (χ4v) is 4.42. The summed E-state index contributed by atoms with van der Waals surface area (Å²) in [6, 6.07) is 6.13. The Labute approximate surface area is 167 Å². The maximum absolute atomic E-state index is 12.8. The predicted octanol–water partition coefficient (Wildman–Crippen LogP) is 2.84. The molecule has 3 aromatic rings. The van der Waals surface area contributed by atoms with Crippen LogP contribution in [-0.4, -0.2) is 33.5 Å². The van der Waals surface area contributed by atoms with Gasteiger partial charge in [-0.2, -0.15) is 16.4 Å². The van der Waals surface area contributed by atoms with Crippen molar-refractivity contribution in [2.45, 2.75) is 32.9 Å². The van der Waals surface area contributed by atoms with Gasteiger partial charge in [0.25, 0.3) is 5.91 Å². The minimum atomic E-state index is -0.0282. The predicted molar refractivity (Wildman–Crippen MR) is 108 cm³/mol. The summed E-state index contributed by atoms with van der Waals surface area (Å²) >= 11 is 1.56. The van der Waals surface area contributed by atoms with E-state index < -0.39 is 0 Å². The fourth-order valence-electron chi connectivity index (χ4n) is 3.59. The number of hydrogen-bond donors (Lipinski definition) is 2. The first-order valence-corrected chi connectivity index (χ1v) is 10.2. The molecule has 7 heteroatoms. The van der Waals surface area contributed by atoms with Crippen molar-refractivity contribution in [2.75, 3.05) is 6.54 Å². The first kappa shape index (κ1) is 18.4. The zero-order valence-corrected chi connectivity index (χ0v) is 16.5. The quantitative estimate of drug-likeness (QED) is 0.699. The van der Waals surface area contributed by atoms with E-state index in [-0.39, 0.29) is 11.8 Å². The van der Waals surface area contributed by atoms with Crippen LogP contribution >= 0.6 is 11.3 Å². The van der Waals surface area contributed by atoms with E-state index in [1.807, 2.05) is 28.7 Å². The summed E-state index contributed by atoms with van der Waals surface area (Å²) < 4.78 is 0. The maximum atomic E-state index is 12.8. The van der Waals surface area contributed by atoms with Gasteiger partial charge in [0.1, 0.15) is 0 Å².